The molecule has 0 aliphatic carbocycles. The van der Waals surface area contributed by atoms with E-state index in [9.17, 15) is 33.2 Å². The Balaban J connectivity index is 1.45. The lowest BCUT2D eigenvalue weighted by molar-refractivity contribution is -0.384. The van der Waals surface area contributed by atoms with Crippen molar-refractivity contribution in [2.75, 3.05) is 35.6 Å². The smallest absolute Gasteiger partial charge is 0.407 e. The molecule has 1 aliphatic rings. The van der Waals surface area contributed by atoms with Gasteiger partial charge >= 0.3 is 6.09 Å². The number of rotatable bonds is 16. The normalized spacial score (nSPS) is 15.1. The van der Waals surface area contributed by atoms with Gasteiger partial charge in [0, 0.05) is 59.2 Å². The minimum atomic E-state index is -4.45. The first-order valence-corrected chi connectivity index (χ1v) is 20.1. The number of piperidine rings is 1. The first-order chi connectivity index (χ1) is 24.5. The summed E-state index contributed by atoms with van der Waals surface area (Å²) >= 11 is 1.57. The highest BCUT2D eigenvalue weighted by atomic mass is 32.2. The van der Waals surface area contributed by atoms with Crippen molar-refractivity contribution in [2.24, 2.45) is 5.41 Å². The quantitative estimate of drug-likeness (QED) is 0.0562. The molecule has 3 N–H and O–H groups in total. The monoisotopic (exact) mass is 753 g/mol. The predicted molar refractivity (Wildman–Crippen MR) is 207 cm³/mol. The summed E-state index contributed by atoms with van der Waals surface area (Å²) < 4.78 is 28.7. The minimum Gasteiger partial charge on any atom is -0.465 e. The highest BCUT2D eigenvalue weighted by Crippen LogP contribution is 2.36. The van der Waals surface area contributed by atoms with E-state index in [1.165, 1.54) is 17.0 Å². The Morgan fingerprint density at radius 2 is 1.69 bits per heavy atom. The average Bonchev–Trinajstić information content (AvgIpc) is 3.10. The number of hydrogen-bond acceptors (Lipinski definition) is 9. The van der Waals surface area contributed by atoms with E-state index in [4.69, 9.17) is 0 Å². The molecule has 282 valence electrons. The van der Waals surface area contributed by atoms with Crippen LogP contribution in [0.5, 0.6) is 0 Å². The molecular weight excluding hydrogens is 703 g/mol. The maximum absolute atomic E-state index is 13.3. The summed E-state index contributed by atoms with van der Waals surface area (Å²) in [5.41, 5.74) is 0.593. The number of nitro benzene ring substituents is 1. The van der Waals surface area contributed by atoms with Crippen LogP contribution in [0.1, 0.15) is 83.5 Å². The van der Waals surface area contributed by atoms with Crippen LogP contribution in [0.2, 0.25) is 0 Å². The zero-order chi connectivity index (χ0) is 38.1. The first kappa shape index (κ1) is 40.5. The highest BCUT2D eigenvalue weighted by molar-refractivity contribution is 7.99. The summed E-state index contributed by atoms with van der Waals surface area (Å²) in [7, 11) is -4.45. The fourth-order valence-corrected chi connectivity index (χ4v) is 8.17. The summed E-state index contributed by atoms with van der Waals surface area (Å²) in [6, 6.07) is 19.8. The van der Waals surface area contributed by atoms with Gasteiger partial charge < -0.3 is 20.2 Å². The van der Waals surface area contributed by atoms with Crippen LogP contribution in [0.15, 0.2) is 82.6 Å². The molecule has 12 nitrogen and oxygen atoms in total. The summed E-state index contributed by atoms with van der Waals surface area (Å²) in [5, 5.41) is 25.1. The van der Waals surface area contributed by atoms with E-state index in [1.807, 2.05) is 51.1 Å². The Kier molecular flexibility index (Phi) is 13.6. The summed E-state index contributed by atoms with van der Waals surface area (Å²) in [6.45, 7) is 12.2. The van der Waals surface area contributed by atoms with Crippen LogP contribution in [0.4, 0.5) is 21.9 Å². The Morgan fingerprint density at radius 1 is 1.04 bits per heavy atom. The number of unbranched alkanes of at least 4 members (excludes halogenated alkanes) is 1. The average molecular weight is 754 g/mol. The number of nitro groups is 1. The van der Waals surface area contributed by atoms with E-state index in [0.717, 1.165) is 49.0 Å². The van der Waals surface area contributed by atoms with Crippen molar-refractivity contribution in [2.45, 2.75) is 94.5 Å². The van der Waals surface area contributed by atoms with Crippen molar-refractivity contribution in [3.05, 3.63) is 88.5 Å². The molecule has 0 saturated carbocycles. The molecule has 14 heteroatoms. The zero-order valence-electron chi connectivity index (χ0n) is 30.6. The van der Waals surface area contributed by atoms with E-state index in [-0.39, 0.29) is 17.3 Å². The third-order valence-electron chi connectivity index (χ3n) is 9.80. The molecular formula is C38H51N5O7S2. The highest BCUT2D eigenvalue weighted by Gasteiger charge is 2.29. The van der Waals surface area contributed by atoms with Crippen LogP contribution < -0.4 is 14.9 Å². The van der Waals surface area contributed by atoms with Crippen LogP contribution in [0.25, 0.3) is 0 Å². The van der Waals surface area contributed by atoms with Gasteiger partial charge in [-0.05, 0) is 107 Å². The molecule has 0 radical (unpaired) electrons. The van der Waals surface area contributed by atoms with Crippen molar-refractivity contribution < 1.29 is 28.0 Å². The summed E-state index contributed by atoms with van der Waals surface area (Å²) in [5.74, 6) is -0.284. The standard InChI is InChI=1S/C38H51N5O7S2/c1-6-38(5)21-24-41(25-22-38)30-17-15-28(16-18-30)35(44)40-52(49,50)32-19-20-33(34(26-32)43(47)48)39-29(27-51-31-13-8-7-9-14-31)12-10-11-23-42(36(45)46)37(2,3)4/h7-9,13-20,26,29,39H,6,10-12,21-25,27H2,1-5H3,(H,40,44)(H,45,46)/t29-/m1/s1. The van der Waals surface area contributed by atoms with Gasteiger partial charge in [0.15, 0.2) is 0 Å². The van der Waals surface area contributed by atoms with Gasteiger partial charge in [-0.15, -0.1) is 11.8 Å². The molecule has 2 amide bonds. The fourth-order valence-electron chi connectivity index (χ4n) is 6.18. The molecule has 52 heavy (non-hydrogen) atoms. The molecule has 1 atom stereocenters. The van der Waals surface area contributed by atoms with Crippen LogP contribution in [0, 0.1) is 15.5 Å². The number of carboxylic acid groups (broad SMARTS) is 1. The Hall–Kier alpha value is -4.30. The van der Waals surface area contributed by atoms with Crippen molar-refractivity contribution in [3.63, 3.8) is 0 Å². The topological polar surface area (TPSA) is 162 Å². The number of sulfonamides is 1. The van der Waals surface area contributed by atoms with E-state index in [0.29, 0.717) is 37.0 Å². The lowest BCUT2D eigenvalue weighted by Gasteiger charge is -2.40. The van der Waals surface area contributed by atoms with E-state index in [1.54, 1.807) is 36.0 Å². The second kappa shape index (κ2) is 17.5. The lowest BCUT2D eigenvalue weighted by atomic mass is 9.78. The molecule has 1 saturated heterocycles. The third-order valence-corrected chi connectivity index (χ3v) is 12.3. The van der Waals surface area contributed by atoms with E-state index in [2.05, 4.69) is 28.8 Å². The maximum Gasteiger partial charge on any atom is 0.407 e. The molecule has 4 rings (SSSR count). The molecule has 1 aliphatic heterocycles. The molecule has 0 spiro atoms. The van der Waals surface area contributed by atoms with Crippen molar-refractivity contribution in [3.8, 4) is 0 Å². The largest absolute Gasteiger partial charge is 0.465 e. The molecule has 1 heterocycles. The number of anilines is 2. The fraction of sp³-hybridized carbons (Fsp3) is 0.474. The summed E-state index contributed by atoms with van der Waals surface area (Å²) in [6.07, 6.45) is 4.10. The molecule has 0 unspecified atom stereocenters. The number of benzene rings is 3. The number of carbonyl (C=O) groups is 2. The Labute approximate surface area is 311 Å². The van der Waals surface area contributed by atoms with Crippen LogP contribution in [0.3, 0.4) is 0 Å². The van der Waals surface area contributed by atoms with Crippen molar-refractivity contribution in [1.29, 1.82) is 0 Å². The molecule has 3 aromatic rings. The second-order valence-corrected chi connectivity index (χ2v) is 17.4. The van der Waals surface area contributed by atoms with Crippen molar-refractivity contribution in [1.82, 2.24) is 9.62 Å². The van der Waals surface area contributed by atoms with Crippen molar-refractivity contribution >= 4 is 50.8 Å². The van der Waals surface area contributed by atoms with Gasteiger partial charge in [0.25, 0.3) is 21.6 Å². The van der Waals surface area contributed by atoms with Gasteiger partial charge in [-0.25, -0.2) is 17.9 Å². The first-order valence-electron chi connectivity index (χ1n) is 17.7. The van der Waals surface area contributed by atoms with Crippen LogP contribution in [-0.2, 0) is 10.0 Å². The van der Waals surface area contributed by atoms with E-state index < -0.39 is 43.1 Å². The molecule has 0 aromatic heterocycles. The van der Waals surface area contributed by atoms with Crippen LogP contribution in [-0.4, -0.2) is 72.3 Å². The van der Waals surface area contributed by atoms with Gasteiger partial charge in [0.1, 0.15) is 5.69 Å². The second-order valence-electron chi connectivity index (χ2n) is 14.6. The van der Waals surface area contributed by atoms with Gasteiger partial charge in [-0.1, -0.05) is 38.5 Å². The summed E-state index contributed by atoms with van der Waals surface area (Å²) in [4.78, 5) is 40.6. The Morgan fingerprint density at radius 3 is 2.27 bits per heavy atom. The third kappa shape index (κ3) is 11.1. The van der Waals surface area contributed by atoms with Gasteiger partial charge in [-0.3, -0.25) is 14.9 Å². The lowest BCUT2D eigenvalue weighted by Crippen LogP contribution is -2.45. The van der Waals surface area contributed by atoms with Crippen LogP contribution >= 0.6 is 11.8 Å². The number of thioether (sulfide) groups is 1. The van der Waals surface area contributed by atoms with Gasteiger partial charge in [-0.2, -0.15) is 0 Å². The number of amides is 2. The minimum absolute atomic E-state index is 0.142. The molecule has 0 bridgehead atoms. The number of carbonyl (C=O) groups excluding carboxylic acids is 1. The zero-order valence-corrected chi connectivity index (χ0v) is 32.3. The molecule has 3 aromatic carbocycles. The van der Waals surface area contributed by atoms with Gasteiger partial charge in [0.2, 0.25) is 0 Å². The molecule has 1 fully saturated rings. The van der Waals surface area contributed by atoms with Gasteiger partial charge in [0.05, 0.1) is 9.82 Å². The predicted octanol–water partition coefficient (Wildman–Crippen LogP) is 8.25. The maximum atomic E-state index is 13.3. The number of nitrogens with one attached hydrogen (secondary N) is 2. The SMILES string of the molecule is CCC1(C)CCN(c2ccc(C(=O)NS(=O)(=O)c3ccc(N[C@H](CCCCN(C(=O)O)C(C)(C)C)CSc4ccccc4)c([N+](=O)[O-])c3)cc2)CC1. The number of hydrogen-bond donors (Lipinski definition) is 3. The van der Waals surface area contributed by atoms with E-state index >= 15 is 0 Å². The Bertz CT molecular complexity index is 1790. The number of nitrogens with zero attached hydrogens (tertiary/aromatic N) is 3.